The molecule has 1 atom stereocenters. The van der Waals surface area contributed by atoms with Gasteiger partial charge in [0.1, 0.15) is 0 Å². The van der Waals surface area contributed by atoms with E-state index in [1.165, 1.54) is 18.0 Å². The summed E-state index contributed by atoms with van der Waals surface area (Å²) in [4.78, 5) is 25.7. The van der Waals surface area contributed by atoms with Crippen molar-refractivity contribution in [3.8, 4) is 0 Å². The number of benzene rings is 2. The average Bonchev–Trinajstić information content (AvgIpc) is 3.23. The number of carbonyl (C=O) groups is 2. The second-order valence-electron chi connectivity index (χ2n) is 5.97. The van der Waals surface area contributed by atoms with Crippen LogP contribution >= 0.6 is 34.4 Å². The molecule has 1 heterocycles. The molecule has 0 spiro atoms. The molecule has 0 aliphatic carbocycles. The average molecular weight is 506 g/mol. The Bertz CT molecular complexity index is 943. The van der Waals surface area contributed by atoms with Crippen LogP contribution in [0.4, 0.5) is 11.4 Å². The fraction of sp³-hybridized carbons (Fsp3) is 0.143. The third-order valence-corrected chi connectivity index (χ3v) is 5.97. The maximum atomic E-state index is 12.6. The third-order valence-electron chi connectivity index (χ3n) is 3.89. The number of nitrogens with one attached hydrogen (secondary N) is 2. The van der Waals surface area contributed by atoms with E-state index < -0.39 is 0 Å². The van der Waals surface area contributed by atoms with Crippen LogP contribution in [0.15, 0.2) is 76.2 Å². The van der Waals surface area contributed by atoms with Crippen LogP contribution in [0, 0.1) is 3.57 Å². The van der Waals surface area contributed by atoms with Gasteiger partial charge in [-0.15, -0.1) is 11.8 Å². The van der Waals surface area contributed by atoms with Crippen LogP contribution in [-0.4, -0.2) is 17.1 Å². The number of rotatable bonds is 7. The van der Waals surface area contributed by atoms with Gasteiger partial charge >= 0.3 is 0 Å². The highest BCUT2D eigenvalue weighted by molar-refractivity contribution is 14.1. The summed E-state index contributed by atoms with van der Waals surface area (Å²) in [5.41, 5.74) is 1.43. The first-order valence-corrected chi connectivity index (χ1v) is 10.7. The predicted octanol–water partition coefficient (Wildman–Crippen LogP) is 5.65. The molecule has 0 aliphatic rings. The molecule has 2 N–H and O–H groups in total. The maximum Gasteiger partial charge on any atom is 0.291 e. The van der Waals surface area contributed by atoms with Crippen LogP contribution in [0.5, 0.6) is 0 Å². The molecular formula is C21H19IN2O3S. The largest absolute Gasteiger partial charge is 0.459 e. The van der Waals surface area contributed by atoms with E-state index >= 15 is 0 Å². The highest BCUT2D eigenvalue weighted by Gasteiger charge is 2.18. The highest BCUT2D eigenvalue weighted by Crippen LogP contribution is 2.29. The molecule has 1 unspecified atom stereocenters. The monoisotopic (exact) mass is 506 g/mol. The van der Waals surface area contributed by atoms with E-state index in [1.807, 2.05) is 49.4 Å². The molecule has 0 saturated heterocycles. The van der Waals surface area contributed by atoms with Crippen molar-refractivity contribution >= 4 is 57.5 Å². The second kappa shape index (κ2) is 9.79. The molecule has 2 amide bonds. The van der Waals surface area contributed by atoms with Gasteiger partial charge < -0.3 is 15.1 Å². The zero-order valence-electron chi connectivity index (χ0n) is 15.1. The van der Waals surface area contributed by atoms with E-state index in [0.717, 1.165) is 14.2 Å². The lowest BCUT2D eigenvalue weighted by molar-refractivity contribution is -0.115. The van der Waals surface area contributed by atoms with Gasteiger partial charge in [0.25, 0.3) is 5.91 Å². The molecule has 144 valence electrons. The lowest BCUT2D eigenvalue weighted by Gasteiger charge is -2.15. The molecule has 0 aliphatic heterocycles. The van der Waals surface area contributed by atoms with Crippen LogP contribution in [0.2, 0.25) is 0 Å². The molecule has 1 aromatic heterocycles. The number of anilines is 2. The second-order valence-corrected chi connectivity index (χ2v) is 8.49. The van der Waals surface area contributed by atoms with E-state index in [9.17, 15) is 9.59 Å². The van der Waals surface area contributed by atoms with E-state index in [-0.39, 0.29) is 22.8 Å². The number of thioether (sulfide) groups is 1. The summed E-state index contributed by atoms with van der Waals surface area (Å²) in [5.74, 6) is -0.101. The highest BCUT2D eigenvalue weighted by atomic mass is 127. The minimum Gasteiger partial charge on any atom is -0.459 e. The smallest absolute Gasteiger partial charge is 0.291 e. The first-order chi connectivity index (χ1) is 13.5. The standard InChI is InChI=1S/C21H19IN2O3S/c1-2-19(21(26)23-15-10-8-14(22)9-11-15)28-17-6-3-5-16(13-17)24-20(25)18-7-4-12-27-18/h3-13,19H,2H2,1H3,(H,23,26)(H,24,25). The van der Waals surface area contributed by atoms with Gasteiger partial charge in [-0.2, -0.15) is 0 Å². The zero-order valence-corrected chi connectivity index (χ0v) is 18.1. The molecular weight excluding hydrogens is 487 g/mol. The van der Waals surface area contributed by atoms with Crippen LogP contribution in [0.1, 0.15) is 23.9 Å². The molecule has 28 heavy (non-hydrogen) atoms. The van der Waals surface area contributed by atoms with E-state index in [4.69, 9.17) is 4.42 Å². The first kappa shape index (κ1) is 20.5. The molecule has 3 rings (SSSR count). The van der Waals surface area contributed by atoms with Crippen LogP contribution in [0.3, 0.4) is 0 Å². The number of halogens is 1. The van der Waals surface area contributed by atoms with Gasteiger partial charge in [0.15, 0.2) is 5.76 Å². The summed E-state index contributed by atoms with van der Waals surface area (Å²) >= 11 is 3.70. The van der Waals surface area contributed by atoms with Crippen molar-refractivity contribution in [1.82, 2.24) is 0 Å². The summed E-state index contributed by atoms with van der Waals surface area (Å²) in [6.07, 6.45) is 2.14. The molecule has 0 bridgehead atoms. The van der Waals surface area contributed by atoms with Gasteiger partial charge in [-0.1, -0.05) is 13.0 Å². The third kappa shape index (κ3) is 5.62. The van der Waals surface area contributed by atoms with Crippen molar-refractivity contribution in [2.45, 2.75) is 23.5 Å². The number of furan rings is 1. The molecule has 0 fully saturated rings. The lowest BCUT2D eigenvalue weighted by Crippen LogP contribution is -2.24. The van der Waals surface area contributed by atoms with Gasteiger partial charge in [0.2, 0.25) is 5.91 Å². The van der Waals surface area contributed by atoms with Crippen molar-refractivity contribution in [3.05, 3.63) is 76.3 Å². The van der Waals surface area contributed by atoms with Crippen LogP contribution in [-0.2, 0) is 4.79 Å². The lowest BCUT2D eigenvalue weighted by atomic mass is 10.3. The van der Waals surface area contributed by atoms with Crippen molar-refractivity contribution in [2.75, 3.05) is 10.6 Å². The SMILES string of the molecule is CCC(Sc1cccc(NC(=O)c2ccco2)c1)C(=O)Nc1ccc(I)cc1. The summed E-state index contributed by atoms with van der Waals surface area (Å²) < 4.78 is 6.22. The van der Waals surface area contributed by atoms with Crippen molar-refractivity contribution < 1.29 is 14.0 Å². The van der Waals surface area contributed by atoms with Crippen molar-refractivity contribution in [2.24, 2.45) is 0 Å². The Balaban J connectivity index is 1.64. The summed E-state index contributed by atoms with van der Waals surface area (Å²) in [6, 6.07) is 18.4. The van der Waals surface area contributed by atoms with Crippen LogP contribution in [0.25, 0.3) is 0 Å². The van der Waals surface area contributed by atoms with Crippen LogP contribution < -0.4 is 10.6 Å². The Kier molecular flexibility index (Phi) is 7.16. The number of carbonyl (C=O) groups excluding carboxylic acids is 2. The van der Waals surface area contributed by atoms with E-state index in [2.05, 4.69) is 33.2 Å². The Labute approximate surface area is 181 Å². The normalized spacial score (nSPS) is 11.6. The van der Waals surface area contributed by atoms with Gasteiger partial charge in [0.05, 0.1) is 11.5 Å². The fourth-order valence-electron chi connectivity index (χ4n) is 2.49. The Hall–Kier alpha value is -2.26. The zero-order chi connectivity index (χ0) is 19.9. The first-order valence-electron chi connectivity index (χ1n) is 8.73. The van der Waals surface area contributed by atoms with Crippen molar-refractivity contribution in [1.29, 1.82) is 0 Å². The topological polar surface area (TPSA) is 71.3 Å². The van der Waals surface area contributed by atoms with Crippen molar-refractivity contribution in [3.63, 3.8) is 0 Å². The van der Waals surface area contributed by atoms with Gasteiger partial charge in [-0.3, -0.25) is 9.59 Å². The van der Waals surface area contributed by atoms with Gasteiger partial charge in [0, 0.05) is 19.8 Å². The quantitative estimate of drug-likeness (QED) is 0.321. The van der Waals surface area contributed by atoms with E-state index in [0.29, 0.717) is 12.1 Å². The minimum absolute atomic E-state index is 0.0428. The number of hydrogen-bond donors (Lipinski definition) is 2. The summed E-state index contributed by atoms with van der Waals surface area (Å²) in [7, 11) is 0. The molecule has 3 aromatic rings. The molecule has 2 aromatic carbocycles. The summed E-state index contributed by atoms with van der Waals surface area (Å²) in [6.45, 7) is 1.98. The molecule has 5 nitrogen and oxygen atoms in total. The Morgan fingerprint density at radius 2 is 1.82 bits per heavy atom. The van der Waals surface area contributed by atoms with E-state index in [1.54, 1.807) is 18.2 Å². The summed E-state index contributed by atoms with van der Waals surface area (Å²) in [5, 5.41) is 5.52. The minimum atomic E-state index is -0.310. The predicted molar refractivity (Wildman–Crippen MR) is 121 cm³/mol. The Morgan fingerprint density at radius 1 is 1.04 bits per heavy atom. The molecule has 7 heteroatoms. The number of amides is 2. The number of hydrogen-bond acceptors (Lipinski definition) is 4. The fourth-order valence-corrected chi connectivity index (χ4v) is 3.86. The maximum absolute atomic E-state index is 12.6. The molecule has 0 radical (unpaired) electrons. The van der Waals surface area contributed by atoms with Gasteiger partial charge in [-0.25, -0.2) is 0 Å². The van der Waals surface area contributed by atoms with Gasteiger partial charge in [-0.05, 0) is 83.6 Å². The molecule has 0 saturated carbocycles. The Morgan fingerprint density at radius 3 is 2.50 bits per heavy atom.